The van der Waals surface area contributed by atoms with Crippen LogP contribution >= 0.6 is 0 Å². The molecule has 2 aromatic carbocycles. The number of aryl methyl sites for hydroxylation is 2. The topological polar surface area (TPSA) is 83.8 Å². The van der Waals surface area contributed by atoms with Crippen molar-refractivity contribution in [3.63, 3.8) is 0 Å². The fourth-order valence-electron chi connectivity index (χ4n) is 2.37. The quantitative estimate of drug-likeness (QED) is 0.839. The van der Waals surface area contributed by atoms with Crippen LogP contribution in [0.2, 0.25) is 0 Å². The van der Waals surface area contributed by atoms with E-state index in [1.54, 1.807) is 50.2 Å². The molecular weight excluding hydrogens is 320 g/mol. The molecule has 0 atom stereocenters. The zero-order valence-corrected chi connectivity index (χ0v) is 15.0. The number of carboxylic acids is 2. The molecule has 0 heterocycles. The monoisotopic (exact) mass is 344 g/mol. The van der Waals surface area contributed by atoms with Gasteiger partial charge < -0.3 is 14.9 Å². The average Bonchev–Trinajstić information content (AvgIpc) is 2.55. The number of rotatable bonds is 5. The smallest absolute Gasteiger partial charge is 0.335 e. The lowest BCUT2D eigenvalue weighted by atomic mass is 9.97. The minimum Gasteiger partial charge on any atom is -0.478 e. The first-order valence-corrected chi connectivity index (χ1v) is 8.07. The highest BCUT2D eigenvalue weighted by Gasteiger charge is 2.10. The highest BCUT2D eigenvalue weighted by atomic mass is 16.5. The summed E-state index contributed by atoms with van der Waals surface area (Å²) in [4.78, 5) is 22.0. The van der Waals surface area contributed by atoms with Crippen LogP contribution in [0.1, 0.15) is 45.7 Å². The molecule has 2 N–H and O–H groups in total. The second-order valence-electron chi connectivity index (χ2n) is 5.45. The number of benzene rings is 2. The standard InChI is InChI=1S/C16H14O4.C4H10O/c1-9-7-11(3-5-13(9)15(17)18)12-4-6-14(16(19)20)10(2)8-12;1-3-5-4-2/h3-8H,1-2H3,(H,17,18)(H,19,20);3-4H2,1-2H3. The van der Waals surface area contributed by atoms with Gasteiger partial charge in [0.1, 0.15) is 0 Å². The molecule has 0 spiro atoms. The molecule has 2 rings (SSSR count). The zero-order valence-electron chi connectivity index (χ0n) is 15.0. The van der Waals surface area contributed by atoms with Gasteiger partial charge in [-0.2, -0.15) is 0 Å². The van der Waals surface area contributed by atoms with Crippen LogP contribution in [0.4, 0.5) is 0 Å². The van der Waals surface area contributed by atoms with Crippen molar-refractivity contribution in [3.05, 3.63) is 58.7 Å². The largest absolute Gasteiger partial charge is 0.478 e. The molecule has 0 aliphatic rings. The normalized spacial score (nSPS) is 9.92. The Morgan fingerprint density at radius 3 is 1.36 bits per heavy atom. The van der Waals surface area contributed by atoms with Gasteiger partial charge in [-0.25, -0.2) is 9.59 Å². The van der Waals surface area contributed by atoms with E-state index in [0.29, 0.717) is 11.1 Å². The van der Waals surface area contributed by atoms with Crippen molar-refractivity contribution >= 4 is 11.9 Å². The molecule has 0 saturated carbocycles. The van der Waals surface area contributed by atoms with Crippen molar-refractivity contribution < 1.29 is 24.5 Å². The molecule has 134 valence electrons. The Hall–Kier alpha value is -2.66. The van der Waals surface area contributed by atoms with Gasteiger partial charge in [0.15, 0.2) is 0 Å². The molecule has 5 heteroatoms. The van der Waals surface area contributed by atoms with E-state index in [2.05, 4.69) is 0 Å². The maximum atomic E-state index is 11.0. The van der Waals surface area contributed by atoms with Gasteiger partial charge in [0.25, 0.3) is 0 Å². The predicted octanol–water partition coefficient (Wildman–Crippen LogP) is 4.41. The summed E-state index contributed by atoms with van der Waals surface area (Å²) in [5, 5.41) is 18.0. The predicted molar refractivity (Wildman–Crippen MR) is 97.4 cm³/mol. The van der Waals surface area contributed by atoms with Gasteiger partial charge in [-0.15, -0.1) is 0 Å². The van der Waals surface area contributed by atoms with Gasteiger partial charge >= 0.3 is 11.9 Å². The van der Waals surface area contributed by atoms with Crippen LogP contribution in [0, 0.1) is 13.8 Å². The third-order valence-corrected chi connectivity index (χ3v) is 3.66. The average molecular weight is 344 g/mol. The van der Waals surface area contributed by atoms with Crippen LogP contribution in [0.3, 0.4) is 0 Å². The lowest BCUT2D eigenvalue weighted by Crippen LogP contribution is -2.00. The van der Waals surface area contributed by atoms with Gasteiger partial charge in [-0.1, -0.05) is 24.3 Å². The Kier molecular flexibility index (Phi) is 7.82. The van der Waals surface area contributed by atoms with E-state index in [1.807, 2.05) is 13.8 Å². The molecule has 25 heavy (non-hydrogen) atoms. The van der Waals surface area contributed by atoms with E-state index in [9.17, 15) is 9.59 Å². The molecule has 0 radical (unpaired) electrons. The van der Waals surface area contributed by atoms with Crippen LogP contribution in [0.15, 0.2) is 36.4 Å². The first-order chi connectivity index (χ1) is 11.8. The second kappa shape index (κ2) is 9.59. The number of carboxylic acid groups (broad SMARTS) is 2. The van der Waals surface area contributed by atoms with Crippen molar-refractivity contribution in [2.75, 3.05) is 13.2 Å². The van der Waals surface area contributed by atoms with Gasteiger partial charge in [0.2, 0.25) is 0 Å². The zero-order chi connectivity index (χ0) is 19.0. The summed E-state index contributed by atoms with van der Waals surface area (Å²) in [6.45, 7) is 9.15. The van der Waals surface area contributed by atoms with E-state index in [0.717, 1.165) is 24.3 Å². The fraction of sp³-hybridized carbons (Fsp3) is 0.300. The Morgan fingerprint density at radius 2 is 1.16 bits per heavy atom. The molecular formula is C20H24O5. The summed E-state index contributed by atoms with van der Waals surface area (Å²) in [5.41, 5.74) is 3.63. The van der Waals surface area contributed by atoms with Crippen LogP contribution < -0.4 is 0 Å². The van der Waals surface area contributed by atoms with Crippen molar-refractivity contribution in [1.82, 2.24) is 0 Å². The lowest BCUT2D eigenvalue weighted by Gasteiger charge is -2.08. The molecule has 0 aliphatic carbocycles. The number of hydrogen-bond donors (Lipinski definition) is 2. The van der Waals surface area contributed by atoms with E-state index in [1.165, 1.54) is 0 Å². The number of ether oxygens (including phenoxy) is 1. The molecule has 0 bridgehead atoms. The van der Waals surface area contributed by atoms with Gasteiger partial charge in [0, 0.05) is 13.2 Å². The Morgan fingerprint density at radius 1 is 0.800 bits per heavy atom. The molecule has 0 saturated heterocycles. The van der Waals surface area contributed by atoms with Gasteiger partial charge in [-0.05, 0) is 62.1 Å². The molecule has 5 nitrogen and oxygen atoms in total. The third kappa shape index (κ3) is 5.72. The van der Waals surface area contributed by atoms with Gasteiger partial charge in [0.05, 0.1) is 11.1 Å². The summed E-state index contributed by atoms with van der Waals surface area (Å²) in [6, 6.07) is 10.2. The van der Waals surface area contributed by atoms with Crippen LogP contribution in [-0.2, 0) is 4.74 Å². The van der Waals surface area contributed by atoms with E-state index in [4.69, 9.17) is 14.9 Å². The Bertz CT molecular complexity index is 686. The summed E-state index contributed by atoms with van der Waals surface area (Å²) < 4.78 is 4.83. The Labute approximate surface area is 147 Å². The summed E-state index contributed by atoms with van der Waals surface area (Å²) in [6.07, 6.45) is 0. The van der Waals surface area contributed by atoms with E-state index < -0.39 is 11.9 Å². The number of hydrogen-bond acceptors (Lipinski definition) is 3. The number of aromatic carboxylic acids is 2. The maximum absolute atomic E-state index is 11.0. The minimum absolute atomic E-state index is 0.271. The fourth-order valence-corrected chi connectivity index (χ4v) is 2.37. The highest BCUT2D eigenvalue weighted by molar-refractivity contribution is 5.91. The van der Waals surface area contributed by atoms with Crippen LogP contribution in [0.25, 0.3) is 11.1 Å². The van der Waals surface area contributed by atoms with Crippen molar-refractivity contribution in [2.45, 2.75) is 27.7 Å². The van der Waals surface area contributed by atoms with Crippen LogP contribution in [0.5, 0.6) is 0 Å². The first kappa shape index (κ1) is 20.4. The Balaban J connectivity index is 0.000000550. The summed E-state index contributed by atoms with van der Waals surface area (Å²) in [5.74, 6) is -1.90. The van der Waals surface area contributed by atoms with Gasteiger partial charge in [-0.3, -0.25) is 0 Å². The van der Waals surface area contributed by atoms with Crippen LogP contribution in [-0.4, -0.2) is 35.4 Å². The maximum Gasteiger partial charge on any atom is 0.335 e. The molecule has 0 unspecified atom stereocenters. The van der Waals surface area contributed by atoms with E-state index >= 15 is 0 Å². The van der Waals surface area contributed by atoms with Crippen molar-refractivity contribution in [3.8, 4) is 11.1 Å². The second-order valence-corrected chi connectivity index (χ2v) is 5.45. The molecule has 0 aromatic heterocycles. The SMILES string of the molecule is CCOCC.Cc1cc(-c2ccc(C(=O)O)c(C)c2)ccc1C(=O)O. The first-order valence-electron chi connectivity index (χ1n) is 8.07. The molecule has 0 amide bonds. The minimum atomic E-state index is -0.952. The summed E-state index contributed by atoms with van der Waals surface area (Å²) >= 11 is 0. The molecule has 0 aliphatic heterocycles. The van der Waals surface area contributed by atoms with Crippen molar-refractivity contribution in [2.24, 2.45) is 0 Å². The number of carbonyl (C=O) groups is 2. The van der Waals surface area contributed by atoms with E-state index in [-0.39, 0.29) is 11.1 Å². The molecule has 0 fully saturated rings. The highest BCUT2D eigenvalue weighted by Crippen LogP contribution is 2.24. The third-order valence-electron chi connectivity index (χ3n) is 3.66. The van der Waals surface area contributed by atoms with Crippen molar-refractivity contribution in [1.29, 1.82) is 0 Å². The molecule has 2 aromatic rings. The summed E-state index contributed by atoms with van der Waals surface area (Å²) in [7, 11) is 0. The lowest BCUT2D eigenvalue weighted by molar-refractivity contribution is 0.0685.